The second-order valence-corrected chi connectivity index (χ2v) is 5.71. The Labute approximate surface area is 138 Å². The molecule has 3 rings (SSSR count). The molecule has 0 spiro atoms. The smallest absolute Gasteiger partial charge is 0.167 e. The summed E-state index contributed by atoms with van der Waals surface area (Å²) in [6, 6.07) is 11.6. The Bertz CT molecular complexity index is 873. The van der Waals surface area contributed by atoms with Gasteiger partial charge in [0, 0.05) is 18.2 Å². The summed E-state index contributed by atoms with van der Waals surface area (Å²) >= 11 is 6.14. The second-order valence-electron chi connectivity index (χ2n) is 5.30. The maximum Gasteiger partial charge on any atom is 0.167 e. The van der Waals surface area contributed by atoms with E-state index in [9.17, 15) is 9.18 Å². The van der Waals surface area contributed by atoms with Gasteiger partial charge in [0.05, 0.1) is 16.9 Å². The lowest BCUT2D eigenvalue weighted by Crippen LogP contribution is -2.05. The van der Waals surface area contributed by atoms with Crippen LogP contribution in [0.25, 0.3) is 5.69 Å². The molecule has 23 heavy (non-hydrogen) atoms. The van der Waals surface area contributed by atoms with Gasteiger partial charge in [0.25, 0.3) is 0 Å². The average molecular weight is 329 g/mol. The topological polar surface area (TPSA) is 34.9 Å². The van der Waals surface area contributed by atoms with Crippen LogP contribution >= 0.6 is 11.6 Å². The minimum atomic E-state index is -0.411. The molecule has 2 aromatic carbocycles. The molecule has 0 atom stereocenters. The highest BCUT2D eigenvalue weighted by molar-refractivity contribution is 6.32. The van der Waals surface area contributed by atoms with Gasteiger partial charge in [0.2, 0.25) is 0 Å². The molecular weight excluding hydrogens is 315 g/mol. The molecule has 1 heterocycles. The summed E-state index contributed by atoms with van der Waals surface area (Å²) in [7, 11) is 0. The molecule has 116 valence electrons. The van der Waals surface area contributed by atoms with Crippen molar-refractivity contribution in [1.29, 1.82) is 0 Å². The van der Waals surface area contributed by atoms with Crippen molar-refractivity contribution in [3.05, 3.63) is 82.4 Å². The van der Waals surface area contributed by atoms with Crippen molar-refractivity contribution < 1.29 is 9.18 Å². The Balaban J connectivity index is 1.83. The summed E-state index contributed by atoms with van der Waals surface area (Å²) in [5.41, 5.74) is 2.65. The van der Waals surface area contributed by atoms with E-state index in [1.807, 2.05) is 18.2 Å². The molecule has 5 heteroatoms. The van der Waals surface area contributed by atoms with Crippen LogP contribution in [0.15, 0.2) is 54.9 Å². The minimum Gasteiger partial charge on any atom is -0.294 e. The Morgan fingerprint density at radius 3 is 2.83 bits per heavy atom. The van der Waals surface area contributed by atoms with Crippen LogP contribution in [-0.2, 0) is 6.42 Å². The van der Waals surface area contributed by atoms with Gasteiger partial charge in [0.1, 0.15) is 5.82 Å². The van der Waals surface area contributed by atoms with E-state index >= 15 is 0 Å². The lowest BCUT2D eigenvalue weighted by atomic mass is 10.0. The number of carbonyl (C=O) groups is 1. The number of rotatable bonds is 4. The highest BCUT2D eigenvalue weighted by atomic mass is 35.5. The van der Waals surface area contributed by atoms with Crippen molar-refractivity contribution in [1.82, 2.24) is 9.78 Å². The van der Waals surface area contributed by atoms with Crippen molar-refractivity contribution in [3.63, 3.8) is 0 Å². The number of halogens is 2. The van der Waals surface area contributed by atoms with Gasteiger partial charge in [-0.25, -0.2) is 9.07 Å². The van der Waals surface area contributed by atoms with E-state index < -0.39 is 5.82 Å². The summed E-state index contributed by atoms with van der Waals surface area (Å²) < 4.78 is 15.0. The molecule has 3 nitrogen and oxygen atoms in total. The molecule has 0 amide bonds. The van der Waals surface area contributed by atoms with E-state index in [4.69, 9.17) is 11.6 Å². The SMILES string of the molecule is Cc1ccc(F)cc1C(=O)Cc1cnn(-c2ccccc2Cl)c1. The molecule has 0 unspecified atom stereocenters. The number of Topliss-reactive ketones (excluding diaryl/α,β-unsaturated/α-hetero) is 1. The molecule has 3 aromatic rings. The Kier molecular flexibility index (Phi) is 4.26. The van der Waals surface area contributed by atoms with Crippen LogP contribution in [0.4, 0.5) is 4.39 Å². The third-order valence-corrected chi connectivity index (χ3v) is 3.92. The molecule has 0 fully saturated rings. The molecular formula is C18H14ClFN2O. The number of carbonyl (C=O) groups excluding carboxylic acids is 1. The van der Waals surface area contributed by atoms with Gasteiger partial charge in [0.15, 0.2) is 5.78 Å². The van der Waals surface area contributed by atoms with E-state index in [-0.39, 0.29) is 12.2 Å². The predicted octanol–water partition coefficient (Wildman–Crippen LogP) is 4.40. The van der Waals surface area contributed by atoms with Gasteiger partial charge < -0.3 is 0 Å². The molecule has 0 radical (unpaired) electrons. The first kappa shape index (κ1) is 15.4. The van der Waals surface area contributed by atoms with E-state index in [2.05, 4.69) is 5.10 Å². The zero-order valence-corrected chi connectivity index (χ0v) is 13.2. The number of hydrogen-bond donors (Lipinski definition) is 0. The van der Waals surface area contributed by atoms with Gasteiger partial charge in [-0.05, 0) is 42.3 Å². The zero-order chi connectivity index (χ0) is 16.4. The van der Waals surface area contributed by atoms with Gasteiger partial charge in [-0.3, -0.25) is 4.79 Å². The highest BCUT2D eigenvalue weighted by Gasteiger charge is 2.13. The van der Waals surface area contributed by atoms with Gasteiger partial charge in [-0.1, -0.05) is 29.8 Å². The fourth-order valence-electron chi connectivity index (χ4n) is 2.40. The first-order chi connectivity index (χ1) is 11.0. The lowest BCUT2D eigenvalue weighted by molar-refractivity contribution is 0.0992. The number of nitrogens with zero attached hydrogens (tertiary/aromatic N) is 2. The van der Waals surface area contributed by atoms with Crippen molar-refractivity contribution in [2.24, 2.45) is 0 Å². The average Bonchev–Trinajstić information content (AvgIpc) is 2.98. The monoisotopic (exact) mass is 328 g/mol. The summed E-state index contributed by atoms with van der Waals surface area (Å²) in [4.78, 5) is 12.4. The van der Waals surface area contributed by atoms with E-state index in [1.54, 1.807) is 36.1 Å². The number of aryl methyl sites for hydroxylation is 1. The third kappa shape index (κ3) is 3.32. The lowest BCUT2D eigenvalue weighted by Gasteiger charge is -2.04. The summed E-state index contributed by atoms with van der Waals surface area (Å²) in [5.74, 6) is -0.550. The summed E-state index contributed by atoms with van der Waals surface area (Å²) in [6.45, 7) is 1.79. The number of benzene rings is 2. The molecule has 1 aromatic heterocycles. The molecule has 0 aliphatic heterocycles. The maximum atomic E-state index is 13.3. The third-order valence-electron chi connectivity index (χ3n) is 3.60. The van der Waals surface area contributed by atoms with Crippen LogP contribution in [0, 0.1) is 12.7 Å². The van der Waals surface area contributed by atoms with Gasteiger partial charge >= 0.3 is 0 Å². The molecule has 0 N–H and O–H groups in total. The summed E-state index contributed by atoms with van der Waals surface area (Å²) in [5, 5.41) is 4.82. The predicted molar refractivity (Wildman–Crippen MR) is 87.7 cm³/mol. The van der Waals surface area contributed by atoms with Crippen molar-refractivity contribution in [3.8, 4) is 5.69 Å². The molecule has 0 aliphatic rings. The highest BCUT2D eigenvalue weighted by Crippen LogP contribution is 2.20. The first-order valence-corrected chi connectivity index (χ1v) is 7.50. The number of hydrogen-bond acceptors (Lipinski definition) is 2. The van der Waals surface area contributed by atoms with Crippen LogP contribution in [0.3, 0.4) is 0 Å². The minimum absolute atomic E-state index is 0.138. The first-order valence-electron chi connectivity index (χ1n) is 7.12. The number of ketones is 1. The normalized spacial score (nSPS) is 10.7. The van der Waals surface area contributed by atoms with Crippen LogP contribution in [0.5, 0.6) is 0 Å². The fraction of sp³-hybridized carbons (Fsp3) is 0.111. The van der Waals surface area contributed by atoms with Crippen LogP contribution in [0.1, 0.15) is 21.5 Å². The molecule has 0 bridgehead atoms. The number of para-hydroxylation sites is 1. The van der Waals surface area contributed by atoms with Crippen LogP contribution in [-0.4, -0.2) is 15.6 Å². The Hall–Kier alpha value is -2.46. The van der Waals surface area contributed by atoms with Gasteiger partial charge in [-0.15, -0.1) is 0 Å². The van der Waals surface area contributed by atoms with Crippen molar-refractivity contribution >= 4 is 17.4 Å². The van der Waals surface area contributed by atoms with E-state index in [0.717, 1.165) is 16.8 Å². The zero-order valence-electron chi connectivity index (χ0n) is 12.5. The van der Waals surface area contributed by atoms with E-state index in [1.165, 1.54) is 12.1 Å². The van der Waals surface area contributed by atoms with Crippen molar-refractivity contribution in [2.75, 3.05) is 0 Å². The Morgan fingerprint density at radius 2 is 2.04 bits per heavy atom. The second kappa shape index (κ2) is 6.34. The summed E-state index contributed by atoms with van der Waals surface area (Å²) in [6.07, 6.45) is 3.54. The molecule has 0 aliphatic carbocycles. The number of aromatic nitrogens is 2. The Morgan fingerprint density at radius 1 is 1.26 bits per heavy atom. The molecule has 0 saturated heterocycles. The fourth-order valence-corrected chi connectivity index (χ4v) is 2.62. The van der Waals surface area contributed by atoms with Gasteiger partial charge in [-0.2, -0.15) is 5.10 Å². The van der Waals surface area contributed by atoms with Crippen molar-refractivity contribution in [2.45, 2.75) is 13.3 Å². The molecule has 0 saturated carbocycles. The standard InChI is InChI=1S/C18H14ClFN2O/c1-12-6-7-14(20)9-15(12)18(23)8-13-10-21-22(11-13)17-5-3-2-4-16(17)19/h2-7,9-11H,8H2,1H3. The van der Waals surface area contributed by atoms with Crippen LogP contribution < -0.4 is 0 Å². The quantitative estimate of drug-likeness (QED) is 0.665. The van der Waals surface area contributed by atoms with E-state index in [0.29, 0.717) is 10.6 Å². The van der Waals surface area contributed by atoms with Crippen LogP contribution in [0.2, 0.25) is 5.02 Å². The maximum absolute atomic E-state index is 13.3. The largest absolute Gasteiger partial charge is 0.294 e.